The first-order valence-corrected chi connectivity index (χ1v) is 8.87. The second-order valence-corrected chi connectivity index (χ2v) is 6.49. The predicted octanol–water partition coefficient (Wildman–Crippen LogP) is 3.47. The number of hydrogen-bond donors (Lipinski definition) is 3. The lowest BCUT2D eigenvalue weighted by Crippen LogP contribution is -1.94. The normalized spacial score (nSPS) is 11.0. The molecule has 10 heteroatoms. The van der Waals surface area contributed by atoms with E-state index in [0.717, 1.165) is 5.75 Å². The largest absolute Gasteiger partial charge is 0.507 e. The highest BCUT2D eigenvalue weighted by atomic mass is 32.2. The molecular weight excluding hydrogens is 368 g/mol. The highest BCUT2D eigenvalue weighted by Gasteiger charge is 2.09. The van der Waals surface area contributed by atoms with Gasteiger partial charge in [0, 0.05) is 23.4 Å². The minimum absolute atomic E-state index is 0.113. The number of nitrogens with one attached hydrogen (secondary N) is 2. The van der Waals surface area contributed by atoms with Crippen LogP contribution < -0.4 is 5.43 Å². The third kappa shape index (κ3) is 4.82. The minimum Gasteiger partial charge on any atom is -0.507 e. The van der Waals surface area contributed by atoms with Gasteiger partial charge in [0.25, 0.3) is 5.69 Å². The van der Waals surface area contributed by atoms with Crippen LogP contribution in [0.5, 0.6) is 5.75 Å². The van der Waals surface area contributed by atoms with Gasteiger partial charge in [0.05, 0.1) is 11.1 Å². The van der Waals surface area contributed by atoms with Crippen LogP contribution in [0.2, 0.25) is 0 Å². The molecule has 0 atom stereocenters. The monoisotopic (exact) mass is 384 g/mol. The van der Waals surface area contributed by atoms with Crippen LogP contribution in [0.15, 0.2) is 52.7 Å². The van der Waals surface area contributed by atoms with Gasteiger partial charge in [-0.15, -0.1) is 5.10 Å². The lowest BCUT2D eigenvalue weighted by atomic mass is 10.1. The van der Waals surface area contributed by atoms with Gasteiger partial charge in [-0.3, -0.25) is 10.1 Å². The number of non-ortho nitro benzene ring substituents is 1. The van der Waals surface area contributed by atoms with Gasteiger partial charge in [0.2, 0.25) is 11.1 Å². The van der Waals surface area contributed by atoms with E-state index in [-0.39, 0.29) is 17.0 Å². The molecule has 0 spiro atoms. The summed E-state index contributed by atoms with van der Waals surface area (Å²) in [6.07, 6.45) is 1.27. The van der Waals surface area contributed by atoms with E-state index in [1.807, 2.05) is 12.1 Å². The van der Waals surface area contributed by atoms with Crippen molar-refractivity contribution in [3.05, 3.63) is 69.3 Å². The van der Waals surface area contributed by atoms with E-state index < -0.39 is 4.92 Å². The number of aromatic hydroxyl groups is 1. The fraction of sp³-hybridized carbons (Fsp3) is 0.118. The van der Waals surface area contributed by atoms with Gasteiger partial charge in [-0.25, -0.2) is 10.5 Å². The van der Waals surface area contributed by atoms with Crippen molar-refractivity contribution < 1.29 is 10.0 Å². The molecule has 3 rings (SSSR count). The molecule has 0 saturated carbocycles. The van der Waals surface area contributed by atoms with Crippen LogP contribution in [0.3, 0.4) is 0 Å². The standard InChI is InChI=1S/C17H16N6O3S/c1-11-4-2-3-5-12(11)10-27-17-19-16(21-22-17)20-18-9-13-8-14(23(25)26)6-7-15(13)24/h2-9,24H,10H2,1H3,(H2,19,20,21,22)/b18-9+. The summed E-state index contributed by atoms with van der Waals surface area (Å²) in [6.45, 7) is 2.05. The van der Waals surface area contributed by atoms with Gasteiger partial charge >= 0.3 is 0 Å². The molecule has 0 aliphatic carbocycles. The number of anilines is 1. The third-order valence-corrected chi connectivity index (χ3v) is 4.58. The summed E-state index contributed by atoms with van der Waals surface area (Å²) in [4.78, 5) is 14.5. The topological polar surface area (TPSA) is 129 Å². The Morgan fingerprint density at radius 2 is 2.19 bits per heavy atom. The molecule has 3 aromatic rings. The van der Waals surface area contributed by atoms with Crippen molar-refractivity contribution in [2.75, 3.05) is 5.43 Å². The lowest BCUT2D eigenvalue weighted by molar-refractivity contribution is -0.384. The zero-order valence-electron chi connectivity index (χ0n) is 14.3. The molecule has 9 nitrogen and oxygen atoms in total. The fourth-order valence-corrected chi connectivity index (χ4v) is 3.07. The summed E-state index contributed by atoms with van der Waals surface area (Å²) in [5.74, 6) is 0.955. The number of nitro benzene ring substituents is 1. The summed E-state index contributed by atoms with van der Waals surface area (Å²) in [6, 6.07) is 11.8. The van der Waals surface area contributed by atoms with Crippen LogP contribution in [0.4, 0.5) is 11.6 Å². The van der Waals surface area contributed by atoms with Crippen molar-refractivity contribution in [2.24, 2.45) is 5.10 Å². The maximum absolute atomic E-state index is 10.8. The Bertz CT molecular complexity index is 988. The van der Waals surface area contributed by atoms with Crippen molar-refractivity contribution in [1.82, 2.24) is 15.2 Å². The zero-order valence-corrected chi connectivity index (χ0v) is 15.1. The van der Waals surface area contributed by atoms with Gasteiger partial charge in [-0.1, -0.05) is 36.0 Å². The first kappa shape index (κ1) is 18.4. The summed E-state index contributed by atoms with van der Waals surface area (Å²) < 4.78 is 0. The number of benzene rings is 2. The fourth-order valence-electron chi connectivity index (χ4n) is 2.20. The number of hydrogen-bond acceptors (Lipinski definition) is 8. The number of thioether (sulfide) groups is 1. The van der Waals surface area contributed by atoms with Gasteiger partial charge in [0.15, 0.2) is 0 Å². The lowest BCUT2D eigenvalue weighted by Gasteiger charge is -2.02. The molecule has 0 amide bonds. The van der Waals surface area contributed by atoms with Gasteiger partial charge in [0.1, 0.15) is 5.75 Å². The van der Waals surface area contributed by atoms with E-state index in [2.05, 4.69) is 44.8 Å². The van der Waals surface area contributed by atoms with E-state index in [9.17, 15) is 15.2 Å². The maximum Gasteiger partial charge on any atom is 0.270 e. The van der Waals surface area contributed by atoms with Crippen LogP contribution in [0, 0.1) is 17.0 Å². The quantitative estimate of drug-likeness (QED) is 0.246. The predicted molar refractivity (Wildman–Crippen MR) is 103 cm³/mol. The molecular formula is C17H16N6O3S. The summed E-state index contributed by atoms with van der Waals surface area (Å²) in [5, 5.41) is 31.8. The second kappa shape index (κ2) is 8.32. The maximum atomic E-state index is 10.8. The Morgan fingerprint density at radius 1 is 1.37 bits per heavy atom. The van der Waals surface area contributed by atoms with Crippen molar-refractivity contribution in [3.63, 3.8) is 0 Å². The first-order valence-electron chi connectivity index (χ1n) is 7.89. The van der Waals surface area contributed by atoms with E-state index in [1.165, 1.54) is 47.3 Å². The van der Waals surface area contributed by atoms with Crippen LogP contribution in [-0.2, 0) is 5.75 Å². The summed E-state index contributed by atoms with van der Waals surface area (Å²) in [7, 11) is 0. The number of aromatic amines is 1. The molecule has 0 bridgehead atoms. The van der Waals surface area contributed by atoms with Crippen LogP contribution in [0.25, 0.3) is 0 Å². The SMILES string of the molecule is Cc1ccccc1CSc1n[nH]c(N/N=C/c2cc([N+](=O)[O-])ccc2O)n1. The molecule has 0 unspecified atom stereocenters. The number of hydrazone groups is 1. The van der Waals surface area contributed by atoms with E-state index in [4.69, 9.17) is 0 Å². The van der Waals surface area contributed by atoms with Crippen LogP contribution in [-0.4, -0.2) is 31.4 Å². The van der Waals surface area contributed by atoms with Crippen molar-refractivity contribution in [2.45, 2.75) is 17.8 Å². The highest BCUT2D eigenvalue weighted by Crippen LogP contribution is 2.23. The number of nitrogens with zero attached hydrogens (tertiary/aromatic N) is 4. The number of aryl methyl sites for hydroxylation is 1. The molecule has 0 aliphatic heterocycles. The molecule has 0 radical (unpaired) electrons. The van der Waals surface area contributed by atoms with Gasteiger partial charge < -0.3 is 5.11 Å². The molecule has 0 aliphatic rings. The number of aromatic nitrogens is 3. The molecule has 1 heterocycles. The molecule has 1 aromatic heterocycles. The van der Waals surface area contributed by atoms with Crippen molar-refractivity contribution in [3.8, 4) is 5.75 Å². The number of phenols is 1. The Labute approximate surface area is 158 Å². The van der Waals surface area contributed by atoms with Crippen molar-refractivity contribution in [1.29, 1.82) is 0 Å². The summed E-state index contributed by atoms with van der Waals surface area (Å²) >= 11 is 1.49. The Morgan fingerprint density at radius 3 is 2.96 bits per heavy atom. The molecule has 3 N–H and O–H groups in total. The minimum atomic E-state index is -0.543. The average Bonchev–Trinajstić information content (AvgIpc) is 3.10. The Balaban J connectivity index is 1.60. The number of phenolic OH excluding ortho intramolecular Hbond substituents is 1. The first-order chi connectivity index (χ1) is 13.0. The Hall–Kier alpha value is -3.40. The van der Waals surface area contributed by atoms with E-state index >= 15 is 0 Å². The average molecular weight is 384 g/mol. The highest BCUT2D eigenvalue weighted by molar-refractivity contribution is 7.98. The second-order valence-electron chi connectivity index (χ2n) is 5.55. The van der Waals surface area contributed by atoms with Gasteiger partial charge in [-0.05, 0) is 24.1 Å². The third-order valence-electron chi connectivity index (χ3n) is 3.68. The van der Waals surface area contributed by atoms with Gasteiger partial charge in [-0.2, -0.15) is 10.1 Å². The molecule has 27 heavy (non-hydrogen) atoms. The molecule has 2 aromatic carbocycles. The van der Waals surface area contributed by atoms with Crippen molar-refractivity contribution >= 4 is 29.6 Å². The number of rotatable bonds is 7. The Kier molecular flexibility index (Phi) is 5.67. The van der Waals surface area contributed by atoms with Crippen LogP contribution >= 0.6 is 11.8 Å². The smallest absolute Gasteiger partial charge is 0.270 e. The molecule has 138 valence electrons. The summed E-state index contributed by atoms with van der Waals surface area (Å²) in [5.41, 5.74) is 5.14. The zero-order chi connectivity index (χ0) is 19.2. The van der Waals surface area contributed by atoms with Crippen LogP contribution in [0.1, 0.15) is 16.7 Å². The van der Waals surface area contributed by atoms with E-state index in [1.54, 1.807) is 0 Å². The van der Waals surface area contributed by atoms with E-state index in [0.29, 0.717) is 11.1 Å². The number of H-pyrrole nitrogens is 1. The molecule has 0 fully saturated rings. The molecule has 0 saturated heterocycles. The number of nitro groups is 1.